The Morgan fingerprint density at radius 3 is 2.30 bits per heavy atom. The molecule has 7 heteroatoms. The van der Waals surface area contributed by atoms with Crippen LogP contribution in [0.25, 0.3) is 0 Å². The molecule has 0 saturated heterocycles. The maximum absolute atomic E-state index is 13.2. The largest absolute Gasteiger partial charge is 0.382 e. The smallest absolute Gasteiger partial charge is 0.261 e. The van der Waals surface area contributed by atoms with Crippen molar-refractivity contribution in [3.8, 4) is 0 Å². The highest BCUT2D eigenvalue weighted by Gasteiger charge is 2.19. The van der Waals surface area contributed by atoms with Crippen molar-refractivity contribution in [2.24, 2.45) is 0 Å². The fourth-order valence-corrected chi connectivity index (χ4v) is 4.61. The van der Waals surface area contributed by atoms with Gasteiger partial charge in [0.15, 0.2) is 0 Å². The predicted molar refractivity (Wildman–Crippen MR) is 138 cm³/mol. The molecule has 0 spiro atoms. The zero-order chi connectivity index (χ0) is 23.0. The monoisotopic (exact) mass is 477 g/mol. The van der Waals surface area contributed by atoms with Gasteiger partial charge in [0, 0.05) is 32.8 Å². The van der Waals surface area contributed by atoms with Crippen LogP contribution in [0.4, 0.5) is 11.4 Å². The van der Waals surface area contributed by atoms with Crippen LogP contribution in [0, 0.1) is 0 Å². The van der Waals surface area contributed by atoms with Crippen molar-refractivity contribution < 1.29 is 9.59 Å². The van der Waals surface area contributed by atoms with E-state index in [4.69, 9.17) is 0 Å². The molecule has 2 amide bonds. The van der Waals surface area contributed by atoms with Crippen molar-refractivity contribution in [1.82, 2.24) is 4.72 Å². The first kappa shape index (κ1) is 23.3. The first-order valence-electron chi connectivity index (χ1n) is 11.1. The first-order chi connectivity index (χ1) is 16.1. The molecule has 3 aromatic rings. The Balaban J connectivity index is 1.53. The van der Waals surface area contributed by atoms with Crippen LogP contribution in [0.2, 0.25) is 0 Å². The summed E-state index contributed by atoms with van der Waals surface area (Å²) >= 11 is 5.51. The summed E-state index contributed by atoms with van der Waals surface area (Å²) in [5.74, 6) is -0.501. The number of thiol groups is 1. The summed E-state index contributed by atoms with van der Waals surface area (Å²) in [6.45, 7) is 0. The third-order valence-electron chi connectivity index (χ3n) is 5.62. The lowest BCUT2D eigenvalue weighted by molar-refractivity contribution is 0.0984. The van der Waals surface area contributed by atoms with Crippen LogP contribution >= 0.6 is 24.6 Å². The van der Waals surface area contributed by atoms with E-state index < -0.39 is 0 Å². The zero-order valence-corrected chi connectivity index (χ0v) is 19.9. The molecule has 0 aliphatic heterocycles. The van der Waals surface area contributed by atoms with E-state index >= 15 is 0 Å². The van der Waals surface area contributed by atoms with E-state index in [-0.39, 0.29) is 11.8 Å². The third-order valence-corrected chi connectivity index (χ3v) is 6.71. The second-order valence-electron chi connectivity index (χ2n) is 8.09. The number of benzene rings is 3. The zero-order valence-electron chi connectivity index (χ0n) is 18.2. The highest BCUT2D eigenvalue weighted by Crippen LogP contribution is 2.26. The van der Waals surface area contributed by atoms with E-state index in [0.717, 1.165) is 28.3 Å². The second kappa shape index (κ2) is 11.3. The van der Waals surface area contributed by atoms with Gasteiger partial charge in [-0.1, -0.05) is 37.5 Å². The van der Waals surface area contributed by atoms with Crippen molar-refractivity contribution in [3.05, 3.63) is 83.9 Å². The van der Waals surface area contributed by atoms with Gasteiger partial charge in [0.2, 0.25) is 0 Å². The molecule has 1 aliphatic carbocycles. The Morgan fingerprint density at radius 1 is 0.848 bits per heavy atom. The maximum Gasteiger partial charge on any atom is 0.261 e. The fraction of sp³-hybridized carbons (Fsp3) is 0.231. The molecule has 0 radical (unpaired) electrons. The lowest BCUT2D eigenvalue weighted by Gasteiger charge is -2.25. The van der Waals surface area contributed by atoms with E-state index in [1.807, 2.05) is 60.7 Å². The molecule has 3 aromatic carbocycles. The predicted octanol–water partition coefficient (Wildman–Crippen LogP) is 6.41. The molecule has 4 rings (SSSR count). The summed E-state index contributed by atoms with van der Waals surface area (Å²) < 4.78 is 2.85. The van der Waals surface area contributed by atoms with Gasteiger partial charge in [0.05, 0.1) is 5.56 Å². The summed E-state index contributed by atoms with van der Waals surface area (Å²) in [4.78, 5) is 27.8. The molecule has 170 valence electrons. The molecule has 33 heavy (non-hydrogen) atoms. The number of carbonyl (C=O) groups is 2. The Kier molecular flexibility index (Phi) is 7.96. The molecule has 3 N–H and O–H groups in total. The molecule has 5 nitrogen and oxygen atoms in total. The maximum atomic E-state index is 13.2. The lowest BCUT2D eigenvalue weighted by Crippen LogP contribution is -2.25. The summed E-state index contributed by atoms with van der Waals surface area (Å²) in [6, 6.07) is 22.5. The molecule has 1 aliphatic rings. The van der Waals surface area contributed by atoms with Crippen molar-refractivity contribution >= 4 is 47.8 Å². The van der Waals surface area contributed by atoms with Gasteiger partial charge in [-0.05, 0) is 79.4 Å². The second-order valence-corrected chi connectivity index (χ2v) is 9.48. The minimum atomic E-state index is -0.257. The van der Waals surface area contributed by atoms with Crippen LogP contribution in [0.1, 0.15) is 52.8 Å². The van der Waals surface area contributed by atoms with E-state index in [0.29, 0.717) is 22.9 Å². The number of rotatable bonds is 7. The van der Waals surface area contributed by atoms with Gasteiger partial charge in [-0.3, -0.25) is 14.3 Å². The van der Waals surface area contributed by atoms with Gasteiger partial charge < -0.3 is 10.6 Å². The van der Waals surface area contributed by atoms with Gasteiger partial charge >= 0.3 is 0 Å². The van der Waals surface area contributed by atoms with E-state index in [9.17, 15) is 9.59 Å². The summed E-state index contributed by atoms with van der Waals surface area (Å²) in [5, 5.41) is 6.48. The van der Waals surface area contributed by atoms with Crippen LogP contribution in [-0.4, -0.2) is 17.9 Å². The SMILES string of the molecule is O=C(NSc1ccc(S)cc1)c1ccc(NC2CCCCC2)c(C(=O)Nc2ccccc2)c1. The minimum absolute atomic E-state index is 0.244. The molecule has 0 atom stereocenters. The van der Waals surface area contributed by atoms with Gasteiger partial charge in [0.1, 0.15) is 0 Å². The Hall–Kier alpha value is -2.90. The van der Waals surface area contributed by atoms with Gasteiger partial charge in [-0.25, -0.2) is 0 Å². The molecular formula is C26H27N3O2S2. The van der Waals surface area contributed by atoms with E-state index in [1.165, 1.54) is 31.2 Å². The molecule has 1 saturated carbocycles. The van der Waals surface area contributed by atoms with Crippen LogP contribution in [0.3, 0.4) is 0 Å². The lowest BCUT2D eigenvalue weighted by atomic mass is 9.95. The minimum Gasteiger partial charge on any atom is -0.382 e. The molecule has 0 heterocycles. The highest BCUT2D eigenvalue weighted by atomic mass is 32.2. The van der Waals surface area contributed by atoms with Gasteiger partial charge in [-0.2, -0.15) is 0 Å². The summed E-state index contributed by atoms with van der Waals surface area (Å²) in [7, 11) is 0. The Labute approximate surface area is 204 Å². The molecule has 0 aromatic heterocycles. The van der Waals surface area contributed by atoms with Crippen LogP contribution < -0.4 is 15.4 Å². The van der Waals surface area contributed by atoms with Crippen molar-refractivity contribution in [3.63, 3.8) is 0 Å². The molecule has 0 unspecified atom stereocenters. The van der Waals surface area contributed by atoms with E-state index in [2.05, 4.69) is 28.0 Å². The normalized spacial score (nSPS) is 13.8. The van der Waals surface area contributed by atoms with E-state index in [1.54, 1.807) is 12.1 Å². The number of para-hydroxylation sites is 1. The number of carbonyl (C=O) groups excluding carboxylic acids is 2. The van der Waals surface area contributed by atoms with Crippen LogP contribution in [0.15, 0.2) is 82.6 Å². The van der Waals surface area contributed by atoms with Crippen molar-refractivity contribution in [2.45, 2.75) is 47.9 Å². The number of hydrogen-bond acceptors (Lipinski definition) is 5. The van der Waals surface area contributed by atoms with Crippen LogP contribution in [0.5, 0.6) is 0 Å². The first-order valence-corrected chi connectivity index (χ1v) is 12.4. The number of nitrogens with one attached hydrogen (secondary N) is 3. The number of hydrogen-bond donors (Lipinski definition) is 4. The molecule has 1 fully saturated rings. The van der Waals surface area contributed by atoms with Gasteiger partial charge in [0.25, 0.3) is 11.8 Å². The fourth-order valence-electron chi connectivity index (χ4n) is 3.86. The average molecular weight is 478 g/mol. The topological polar surface area (TPSA) is 70.2 Å². The average Bonchev–Trinajstić information content (AvgIpc) is 2.85. The van der Waals surface area contributed by atoms with Crippen molar-refractivity contribution in [1.29, 1.82) is 0 Å². The number of amides is 2. The Bertz CT molecular complexity index is 1100. The Morgan fingerprint density at radius 2 is 1.58 bits per heavy atom. The summed E-state index contributed by atoms with van der Waals surface area (Å²) in [6.07, 6.45) is 5.81. The highest BCUT2D eigenvalue weighted by molar-refractivity contribution is 7.98. The standard InChI is InChI=1S/C26H27N3O2S2/c30-25(29-33-22-14-12-21(32)13-15-22)18-11-16-24(27-19-7-3-1-4-8-19)23(17-18)26(31)28-20-9-5-2-6-10-20/h2,5-6,9-17,19,27,32H,1,3-4,7-8H2,(H,28,31)(H,29,30). The quantitative estimate of drug-likeness (QED) is 0.234. The summed E-state index contributed by atoms with van der Waals surface area (Å²) in [5.41, 5.74) is 2.36. The molecule has 0 bridgehead atoms. The van der Waals surface area contributed by atoms with Gasteiger partial charge in [-0.15, -0.1) is 12.6 Å². The van der Waals surface area contributed by atoms with Crippen LogP contribution in [-0.2, 0) is 0 Å². The molecular weight excluding hydrogens is 450 g/mol. The number of anilines is 2. The van der Waals surface area contributed by atoms with Crippen molar-refractivity contribution in [2.75, 3.05) is 10.6 Å². The third kappa shape index (κ3) is 6.55.